The molecule has 0 saturated carbocycles. The topological polar surface area (TPSA) is 69.6 Å². The molecule has 0 unspecified atom stereocenters. The maximum atomic E-state index is 11.6. The van der Waals surface area contributed by atoms with Crippen molar-refractivity contribution in [2.24, 2.45) is 0 Å². The summed E-state index contributed by atoms with van der Waals surface area (Å²) in [5, 5.41) is 1.06. The lowest BCUT2D eigenvalue weighted by Crippen LogP contribution is -2.15. The third-order valence-corrected chi connectivity index (χ3v) is 5.15. The number of fused-ring (bicyclic) bond motifs is 2. The van der Waals surface area contributed by atoms with Crippen molar-refractivity contribution in [2.75, 3.05) is 24.2 Å². The van der Waals surface area contributed by atoms with Gasteiger partial charge < -0.3 is 14.0 Å². The molecule has 1 aromatic heterocycles. The van der Waals surface area contributed by atoms with Gasteiger partial charge in [-0.25, -0.2) is 8.42 Å². The highest BCUT2D eigenvalue weighted by atomic mass is 32.2. The minimum Gasteiger partial charge on any atom is -0.486 e. The molecule has 0 saturated heterocycles. The Balaban J connectivity index is 1.86. The van der Waals surface area contributed by atoms with Crippen LogP contribution in [0.2, 0.25) is 0 Å². The first-order valence-electron chi connectivity index (χ1n) is 8.84. The Hall–Kier alpha value is -2.67. The Kier molecular flexibility index (Phi) is 4.26. The van der Waals surface area contributed by atoms with Crippen molar-refractivity contribution in [3.05, 3.63) is 42.6 Å². The lowest BCUT2D eigenvalue weighted by atomic mass is 10.0. The summed E-state index contributed by atoms with van der Waals surface area (Å²) in [6.45, 7) is 5.31. The number of nitrogens with zero attached hydrogens (tertiary/aromatic N) is 1. The zero-order chi connectivity index (χ0) is 19.2. The van der Waals surface area contributed by atoms with Crippen molar-refractivity contribution in [1.82, 2.24) is 4.57 Å². The van der Waals surface area contributed by atoms with E-state index in [1.807, 2.05) is 30.3 Å². The normalized spacial score (nSPS) is 13.9. The summed E-state index contributed by atoms with van der Waals surface area (Å²) in [7, 11) is -3.32. The molecular formula is C20H22N2O4S. The van der Waals surface area contributed by atoms with Crippen LogP contribution in [-0.4, -0.2) is 32.5 Å². The number of sulfonamides is 1. The molecule has 0 bridgehead atoms. The van der Waals surface area contributed by atoms with Gasteiger partial charge in [0.25, 0.3) is 0 Å². The molecule has 0 fully saturated rings. The van der Waals surface area contributed by atoms with E-state index in [0.717, 1.165) is 39.8 Å². The van der Waals surface area contributed by atoms with Gasteiger partial charge in [0, 0.05) is 23.2 Å². The second-order valence-electron chi connectivity index (χ2n) is 7.01. The van der Waals surface area contributed by atoms with Gasteiger partial charge in [0.1, 0.15) is 13.2 Å². The Morgan fingerprint density at radius 3 is 2.48 bits per heavy atom. The SMILES string of the molecule is CC(C)n1cc(-c2ccc3c(c2)OCCO3)c2ccc(NS(C)(=O)=O)cc21. The number of hydrogen-bond donors (Lipinski definition) is 1. The van der Waals surface area contributed by atoms with E-state index < -0.39 is 10.0 Å². The number of nitrogens with one attached hydrogen (secondary N) is 1. The zero-order valence-corrected chi connectivity index (χ0v) is 16.3. The molecule has 0 amide bonds. The second-order valence-corrected chi connectivity index (χ2v) is 8.76. The van der Waals surface area contributed by atoms with Gasteiger partial charge >= 0.3 is 0 Å². The Labute approximate surface area is 158 Å². The first-order chi connectivity index (χ1) is 12.8. The van der Waals surface area contributed by atoms with Crippen LogP contribution in [0.15, 0.2) is 42.6 Å². The molecule has 0 spiro atoms. The molecule has 6 nitrogen and oxygen atoms in total. The summed E-state index contributed by atoms with van der Waals surface area (Å²) < 4.78 is 39.2. The van der Waals surface area contributed by atoms with Gasteiger partial charge in [-0.05, 0) is 43.7 Å². The van der Waals surface area contributed by atoms with Crippen LogP contribution in [0.5, 0.6) is 11.5 Å². The fourth-order valence-corrected chi connectivity index (χ4v) is 3.95. The van der Waals surface area contributed by atoms with Gasteiger partial charge in [0.2, 0.25) is 10.0 Å². The van der Waals surface area contributed by atoms with Crippen LogP contribution in [0.25, 0.3) is 22.0 Å². The molecule has 0 aliphatic carbocycles. The van der Waals surface area contributed by atoms with Crippen LogP contribution in [-0.2, 0) is 10.0 Å². The van der Waals surface area contributed by atoms with E-state index in [9.17, 15) is 8.42 Å². The van der Waals surface area contributed by atoms with Crippen molar-refractivity contribution in [3.63, 3.8) is 0 Å². The van der Waals surface area contributed by atoms with E-state index in [-0.39, 0.29) is 6.04 Å². The number of benzene rings is 2. The van der Waals surface area contributed by atoms with Crippen molar-refractivity contribution in [1.29, 1.82) is 0 Å². The Morgan fingerprint density at radius 2 is 1.78 bits per heavy atom. The molecular weight excluding hydrogens is 364 g/mol. The molecule has 0 radical (unpaired) electrons. The minimum atomic E-state index is -3.32. The third kappa shape index (κ3) is 3.47. The summed E-state index contributed by atoms with van der Waals surface area (Å²) in [4.78, 5) is 0. The van der Waals surface area contributed by atoms with Crippen LogP contribution in [0.4, 0.5) is 5.69 Å². The fraction of sp³-hybridized carbons (Fsp3) is 0.300. The standard InChI is InChI=1S/C20H22N2O4S/c1-13(2)22-12-17(14-4-7-19-20(10-14)26-9-8-25-19)16-6-5-15(11-18(16)22)21-27(3,23)24/h4-7,10-13,21H,8-9H2,1-3H3. The number of ether oxygens (including phenoxy) is 2. The predicted octanol–water partition coefficient (Wildman–Crippen LogP) is 4.03. The van der Waals surface area contributed by atoms with Gasteiger partial charge in [-0.1, -0.05) is 12.1 Å². The number of rotatable bonds is 4. The maximum Gasteiger partial charge on any atom is 0.229 e. The van der Waals surface area contributed by atoms with E-state index in [1.54, 1.807) is 6.07 Å². The van der Waals surface area contributed by atoms with E-state index in [1.165, 1.54) is 0 Å². The van der Waals surface area contributed by atoms with Crippen molar-refractivity contribution < 1.29 is 17.9 Å². The number of anilines is 1. The van der Waals surface area contributed by atoms with Gasteiger partial charge in [-0.3, -0.25) is 4.72 Å². The largest absolute Gasteiger partial charge is 0.486 e. The summed E-state index contributed by atoms with van der Waals surface area (Å²) in [6.07, 6.45) is 3.25. The van der Waals surface area contributed by atoms with Gasteiger partial charge in [-0.2, -0.15) is 0 Å². The van der Waals surface area contributed by atoms with Crippen molar-refractivity contribution >= 4 is 26.6 Å². The highest BCUT2D eigenvalue weighted by Gasteiger charge is 2.17. The van der Waals surface area contributed by atoms with Gasteiger partial charge in [0.15, 0.2) is 11.5 Å². The molecule has 142 valence electrons. The van der Waals surface area contributed by atoms with Crippen molar-refractivity contribution in [2.45, 2.75) is 19.9 Å². The molecule has 7 heteroatoms. The van der Waals surface area contributed by atoms with E-state index >= 15 is 0 Å². The monoisotopic (exact) mass is 386 g/mol. The summed E-state index contributed by atoms with van der Waals surface area (Å²) >= 11 is 0. The molecule has 4 rings (SSSR count). The third-order valence-electron chi connectivity index (χ3n) is 4.55. The average molecular weight is 386 g/mol. The first-order valence-corrected chi connectivity index (χ1v) is 10.7. The highest BCUT2D eigenvalue weighted by Crippen LogP contribution is 2.39. The van der Waals surface area contributed by atoms with Crippen LogP contribution >= 0.6 is 0 Å². The smallest absolute Gasteiger partial charge is 0.229 e. The second kappa shape index (κ2) is 6.49. The highest BCUT2D eigenvalue weighted by molar-refractivity contribution is 7.92. The van der Waals surface area contributed by atoms with Crippen LogP contribution in [0.3, 0.4) is 0 Å². The maximum absolute atomic E-state index is 11.6. The van der Waals surface area contributed by atoms with Gasteiger partial charge in [0.05, 0.1) is 17.5 Å². The fourth-order valence-electron chi connectivity index (χ4n) is 3.40. The van der Waals surface area contributed by atoms with Crippen LogP contribution < -0.4 is 14.2 Å². The number of hydrogen-bond acceptors (Lipinski definition) is 4. The quantitative estimate of drug-likeness (QED) is 0.735. The Bertz CT molecular complexity index is 1120. The van der Waals surface area contributed by atoms with Crippen molar-refractivity contribution in [3.8, 4) is 22.6 Å². The average Bonchev–Trinajstić information content (AvgIpc) is 2.99. The summed E-state index contributed by atoms with van der Waals surface area (Å²) in [5.74, 6) is 1.51. The molecule has 0 atom stereocenters. The lowest BCUT2D eigenvalue weighted by molar-refractivity contribution is 0.171. The minimum absolute atomic E-state index is 0.229. The molecule has 3 aromatic rings. The van der Waals surface area contributed by atoms with E-state index in [0.29, 0.717) is 18.9 Å². The first kappa shape index (κ1) is 17.7. The molecule has 2 aromatic carbocycles. The van der Waals surface area contributed by atoms with Crippen LogP contribution in [0.1, 0.15) is 19.9 Å². The molecule has 1 aliphatic heterocycles. The van der Waals surface area contributed by atoms with E-state index in [2.05, 4.69) is 29.3 Å². The zero-order valence-electron chi connectivity index (χ0n) is 15.5. The van der Waals surface area contributed by atoms with Crippen LogP contribution in [0, 0.1) is 0 Å². The Morgan fingerprint density at radius 1 is 1.04 bits per heavy atom. The summed E-state index contributed by atoms with van der Waals surface area (Å²) in [6, 6.07) is 11.8. The van der Waals surface area contributed by atoms with E-state index in [4.69, 9.17) is 9.47 Å². The predicted molar refractivity (Wildman–Crippen MR) is 107 cm³/mol. The molecule has 2 heterocycles. The molecule has 27 heavy (non-hydrogen) atoms. The molecule has 1 aliphatic rings. The van der Waals surface area contributed by atoms with Gasteiger partial charge in [-0.15, -0.1) is 0 Å². The number of aromatic nitrogens is 1. The molecule has 1 N–H and O–H groups in total. The summed E-state index contributed by atoms with van der Waals surface area (Å²) in [5.41, 5.74) is 3.64. The lowest BCUT2D eigenvalue weighted by Gasteiger charge is -2.18.